The lowest BCUT2D eigenvalue weighted by Crippen LogP contribution is -1.98. The van der Waals surface area contributed by atoms with Gasteiger partial charge in [-0.25, -0.2) is 0 Å². The molecule has 0 atom stereocenters. The Balaban J connectivity index is 2.54. The second-order valence-electron chi connectivity index (χ2n) is 4.32. The summed E-state index contributed by atoms with van der Waals surface area (Å²) in [5, 5.41) is 11.7. The van der Waals surface area contributed by atoms with Crippen molar-refractivity contribution in [3.8, 4) is 11.5 Å². The Morgan fingerprint density at radius 2 is 2.05 bits per heavy atom. The van der Waals surface area contributed by atoms with E-state index in [2.05, 4.69) is 15.9 Å². The van der Waals surface area contributed by atoms with Gasteiger partial charge in [-0.2, -0.15) is 0 Å². The maximum absolute atomic E-state index is 11.2. The highest BCUT2D eigenvalue weighted by atomic mass is 79.9. The van der Waals surface area contributed by atoms with Crippen LogP contribution in [0.5, 0.6) is 11.5 Å². The third-order valence-electron chi connectivity index (χ3n) is 2.80. The highest BCUT2D eigenvalue weighted by Crippen LogP contribution is 2.39. The summed E-state index contributed by atoms with van der Waals surface area (Å²) in [6, 6.07) is 8.14. The second kappa shape index (κ2) is 6.64. The zero-order valence-corrected chi connectivity index (χ0v) is 14.0. The number of nitro groups is 1. The fourth-order valence-corrected chi connectivity index (χ4v) is 2.77. The van der Waals surface area contributed by atoms with Gasteiger partial charge in [0.15, 0.2) is 0 Å². The van der Waals surface area contributed by atoms with Crippen molar-refractivity contribution < 1.29 is 9.66 Å². The Morgan fingerprint density at radius 1 is 1.33 bits per heavy atom. The van der Waals surface area contributed by atoms with Crippen LogP contribution in [-0.2, 0) is 5.88 Å². The highest BCUT2D eigenvalue weighted by Gasteiger charge is 2.20. The van der Waals surface area contributed by atoms with Crippen molar-refractivity contribution in [2.24, 2.45) is 0 Å². The molecule has 0 saturated heterocycles. The van der Waals surface area contributed by atoms with E-state index in [1.165, 1.54) is 6.07 Å². The molecule has 0 aliphatic heterocycles. The van der Waals surface area contributed by atoms with Crippen molar-refractivity contribution in [1.29, 1.82) is 0 Å². The lowest BCUT2D eigenvalue weighted by Gasteiger charge is -2.12. The van der Waals surface area contributed by atoms with E-state index in [9.17, 15) is 10.1 Å². The van der Waals surface area contributed by atoms with Crippen LogP contribution in [0.3, 0.4) is 0 Å². The van der Waals surface area contributed by atoms with Crippen molar-refractivity contribution in [1.82, 2.24) is 0 Å². The number of ether oxygens (including phenoxy) is 1. The Kier molecular flexibility index (Phi) is 5.08. The van der Waals surface area contributed by atoms with Gasteiger partial charge in [-0.1, -0.05) is 33.6 Å². The third kappa shape index (κ3) is 3.67. The first-order valence-electron chi connectivity index (χ1n) is 5.89. The Hall–Kier alpha value is -1.30. The van der Waals surface area contributed by atoms with E-state index < -0.39 is 4.92 Å². The number of hydrogen-bond acceptors (Lipinski definition) is 3. The first kappa shape index (κ1) is 16.1. The fourth-order valence-electron chi connectivity index (χ4n) is 1.82. The van der Waals surface area contributed by atoms with E-state index in [1.807, 2.05) is 0 Å². The average Bonchev–Trinajstić information content (AvgIpc) is 2.41. The minimum atomic E-state index is -0.488. The Bertz CT molecular complexity index is 707. The quantitative estimate of drug-likeness (QED) is 0.373. The standard InChI is InChI=1S/C14H10BrCl2NO3/c1-8-4-10(15)5-12(18(19)20)14(8)21-13-6-11(17)3-2-9(13)7-16/h2-6H,7H2,1H3. The molecule has 0 heterocycles. The monoisotopic (exact) mass is 389 g/mol. The summed E-state index contributed by atoms with van der Waals surface area (Å²) in [5.74, 6) is 0.804. The van der Waals surface area contributed by atoms with Gasteiger partial charge < -0.3 is 4.74 Å². The van der Waals surface area contributed by atoms with Gasteiger partial charge in [0.05, 0.1) is 10.8 Å². The van der Waals surface area contributed by atoms with Crippen LogP contribution in [0.15, 0.2) is 34.8 Å². The van der Waals surface area contributed by atoms with Crippen molar-refractivity contribution in [3.63, 3.8) is 0 Å². The molecule has 4 nitrogen and oxygen atoms in total. The van der Waals surface area contributed by atoms with E-state index in [0.29, 0.717) is 26.4 Å². The van der Waals surface area contributed by atoms with Crippen LogP contribution in [0.4, 0.5) is 5.69 Å². The molecular formula is C14H10BrCl2NO3. The number of alkyl halides is 1. The molecule has 0 aliphatic rings. The molecule has 0 aliphatic carbocycles. The zero-order chi connectivity index (χ0) is 15.6. The van der Waals surface area contributed by atoms with Gasteiger partial charge in [0.2, 0.25) is 5.75 Å². The van der Waals surface area contributed by atoms with Crippen LogP contribution in [0.1, 0.15) is 11.1 Å². The summed E-state index contributed by atoms with van der Waals surface area (Å²) in [6.07, 6.45) is 0. The molecule has 0 N–H and O–H groups in total. The van der Waals surface area contributed by atoms with E-state index >= 15 is 0 Å². The molecule has 110 valence electrons. The molecule has 0 spiro atoms. The van der Waals surface area contributed by atoms with Gasteiger partial charge in [-0.3, -0.25) is 10.1 Å². The van der Waals surface area contributed by atoms with Crippen LogP contribution in [0, 0.1) is 17.0 Å². The van der Waals surface area contributed by atoms with Crippen LogP contribution in [-0.4, -0.2) is 4.92 Å². The number of nitro benzene ring substituents is 1. The maximum Gasteiger partial charge on any atom is 0.312 e. The summed E-state index contributed by atoms with van der Waals surface area (Å²) in [6.45, 7) is 1.73. The molecule has 2 aromatic carbocycles. The van der Waals surface area contributed by atoms with E-state index in [1.54, 1.807) is 31.2 Å². The largest absolute Gasteiger partial charge is 0.449 e. The van der Waals surface area contributed by atoms with E-state index in [0.717, 1.165) is 0 Å². The topological polar surface area (TPSA) is 52.4 Å². The molecule has 21 heavy (non-hydrogen) atoms. The minimum absolute atomic E-state index is 0.123. The molecule has 0 bridgehead atoms. The molecule has 0 aromatic heterocycles. The number of rotatable bonds is 4. The number of halogens is 3. The average molecular weight is 391 g/mol. The van der Waals surface area contributed by atoms with Crippen LogP contribution in [0.2, 0.25) is 5.02 Å². The van der Waals surface area contributed by atoms with Gasteiger partial charge in [0.25, 0.3) is 0 Å². The van der Waals surface area contributed by atoms with Crippen molar-refractivity contribution in [2.75, 3.05) is 0 Å². The Morgan fingerprint density at radius 3 is 2.67 bits per heavy atom. The SMILES string of the molecule is Cc1cc(Br)cc([N+](=O)[O-])c1Oc1cc(Cl)ccc1CCl. The zero-order valence-electron chi connectivity index (χ0n) is 10.9. The van der Waals surface area contributed by atoms with Gasteiger partial charge in [0.1, 0.15) is 5.75 Å². The lowest BCUT2D eigenvalue weighted by atomic mass is 10.2. The molecule has 2 aromatic rings. The number of nitrogens with zero attached hydrogens (tertiary/aromatic N) is 1. The number of hydrogen-bond donors (Lipinski definition) is 0. The molecule has 0 saturated carbocycles. The molecular weight excluding hydrogens is 381 g/mol. The highest BCUT2D eigenvalue weighted by molar-refractivity contribution is 9.10. The second-order valence-corrected chi connectivity index (χ2v) is 5.94. The molecule has 0 radical (unpaired) electrons. The first-order chi connectivity index (χ1) is 9.92. The molecule has 2 rings (SSSR count). The smallest absolute Gasteiger partial charge is 0.312 e. The normalized spacial score (nSPS) is 10.5. The number of aryl methyl sites for hydroxylation is 1. The van der Waals surface area contributed by atoms with Gasteiger partial charge in [-0.05, 0) is 30.7 Å². The summed E-state index contributed by atoms with van der Waals surface area (Å²) in [5.41, 5.74) is 1.22. The molecule has 0 amide bonds. The first-order valence-corrected chi connectivity index (χ1v) is 7.59. The summed E-state index contributed by atoms with van der Waals surface area (Å²) in [7, 11) is 0. The third-order valence-corrected chi connectivity index (χ3v) is 3.78. The maximum atomic E-state index is 11.2. The van der Waals surface area contributed by atoms with E-state index in [-0.39, 0.29) is 17.3 Å². The van der Waals surface area contributed by atoms with Crippen LogP contribution < -0.4 is 4.74 Å². The van der Waals surface area contributed by atoms with Gasteiger partial charge >= 0.3 is 5.69 Å². The fraction of sp³-hybridized carbons (Fsp3) is 0.143. The summed E-state index contributed by atoms with van der Waals surface area (Å²) in [4.78, 5) is 10.7. The predicted octanol–water partition coefficient (Wildman–Crippen LogP) is 5.85. The van der Waals surface area contributed by atoms with Gasteiger partial charge in [-0.15, -0.1) is 11.6 Å². The minimum Gasteiger partial charge on any atom is -0.449 e. The van der Waals surface area contributed by atoms with Crippen molar-refractivity contribution in [2.45, 2.75) is 12.8 Å². The summed E-state index contributed by atoms with van der Waals surface area (Å²) >= 11 is 15.0. The van der Waals surface area contributed by atoms with Crippen LogP contribution >= 0.6 is 39.1 Å². The predicted molar refractivity (Wildman–Crippen MR) is 86.6 cm³/mol. The molecule has 0 fully saturated rings. The van der Waals surface area contributed by atoms with Crippen molar-refractivity contribution >= 4 is 44.8 Å². The number of benzene rings is 2. The van der Waals surface area contributed by atoms with Crippen LogP contribution in [0.25, 0.3) is 0 Å². The Labute approximate surface area is 139 Å². The molecule has 7 heteroatoms. The van der Waals surface area contributed by atoms with Gasteiger partial charge in [0, 0.05) is 21.1 Å². The summed E-state index contributed by atoms with van der Waals surface area (Å²) < 4.78 is 6.34. The van der Waals surface area contributed by atoms with E-state index in [4.69, 9.17) is 27.9 Å². The molecule has 0 unspecified atom stereocenters. The lowest BCUT2D eigenvalue weighted by molar-refractivity contribution is -0.385. The van der Waals surface area contributed by atoms with Crippen molar-refractivity contribution in [3.05, 3.63) is 61.1 Å².